The third-order valence-electron chi connectivity index (χ3n) is 5.10. The van der Waals surface area contributed by atoms with E-state index in [9.17, 15) is 9.90 Å². The van der Waals surface area contributed by atoms with Crippen molar-refractivity contribution in [1.29, 1.82) is 0 Å². The molecule has 0 spiro atoms. The van der Waals surface area contributed by atoms with Crippen molar-refractivity contribution < 1.29 is 9.90 Å². The fourth-order valence-electron chi connectivity index (χ4n) is 3.59. The summed E-state index contributed by atoms with van der Waals surface area (Å²) in [5, 5.41) is 13.9. The van der Waals surface area contributed by atoms with Gasteiger partial charge in [0.05, 0.1) is 0 Å². The number of piperidine rings is 1. The number of aromatic nitrogens is 1. The maximum Gasteiger partial charge on any atom is 0.270 e. The quantitative estimate of drug-likeness (QED) is 0.748. The van der Waals surface area contributed by atoms with Crippen LogP contribution in [0.4, 0.5) is 0 Å². The Hall–Kier alpha value is -2.92. The van der Waals surface area contributed by atoms with Crippen molar-refractivity contribution in [1.82, 2.24) is 15.2 Å². The van der Waals surface area contributed by atoms with E-state index in [0.29, 0.717) is 11.2 Å². The average Bonchev–Trinajstić information content (AvgIpc) is 2.70. The van der Waals surface area contributed by atoms with Crippen molar-refractivity contribution in [2.45, 2.75) is 25.4 Å². The molecule has 1 aromatic heterocycles. The number of para-hydroxylation sites is 1. The van der Waals surface area contributed by atoms with E-state index >= 15 is 0 Å². The maximum absolute atomic E-state index is 12.6. The van der Waals surface area contributed by atoms with E-state index < -0.39 is 0 Å². The van der Waals surface area contributed by atoms with Gasteiger partial charge in [-0.3, -0.25) is 9.69 Å². The number of fused-ring (bicyclic) bond motifs is 1. The normalized spacial score (nSPS) is 15.7. The van der Waals surface area contributed by atoms with E-state index in [1.54, 1.807) is 18.2 Å². The monoisotopic (exact) mass is 361 g/mol. The van der Waals surface area contributed by atoms with Crippen LogP contribution in [0, 0.1) is 0 Å². The SMILES string of the molecule is O=C(NC1CCN(Cc2ccccc2)CC1)c1ccc2cccc(O)c2n1. The first-order valence-corrected chi connectivity index (χ1v) is 9.35. The van der Waals surface area contributed by atoms with Crippen LogP contribution >= 0.6 is 0 Å². The highest BCUT2D eigenvalue weighted by atomic mass is 16.3. The molecule has 0 aliphatic carbocycles. The molecule has 2 N–H and O–H groups in total. The molecule has 138 valence electrons. The van der Waals surface area contributed by atoms with Crippen LogP contribution in [0.1, 0.15) is 28.9 Å². The lowest BCUT2D eigenvalue weighted by molar-refractivity contribution is 0.0904. The average molecular weight is 361 g/mol. The number of phenolic OH excluding ortho intramolecular Hbond substituents is 1. The van der Waals surface area contributed by atoms with Crippen molar-refractivity contribution in [2.75, 3.05) is 13.1 Å². The molecule has 1 fully saturated rings. The fraction of sp³-hybridized carbons (Fsp3) is 0.273. The third-order valence-corrected chi connectivity index (χ3v) is 5.10. The first-order chi connectivity index (χ1) is 13.2. The van der Waals surface area contributed by atoms with E-state index in [-0.39, 0.29) is 17.7 Å². The van der Waals surface area contributed by atoms with Gasteiger partial charge in [0, 0.05) is 31.1 Å². The molecule has 1 aliphatic heterocycles. The Morgan fingerprint density at radius 2 is 1.81 bits per heavy atom. The lowest BCUT2D eigenvalue weighted by Crippen LogP contribution is -2.44. The van der Waals surface area contributed by atoms with Gasteiger partial charge in [0.1, 0.15) is 17.0 Å². The Morgan fingerprint density at radius 1 is 1.04 bits per heavy atom. The number of carbonyl (C=O) groups is 1. The summed E-state index contributed by atoms with van der Waals surface area (Å²) in [4.78, 5) is 19.3. The van der Waals surface area contributed by atoms with Crippen molar-refractivity contribution in [2.24, 2.45) is 0 Å². The zero-order valence-electron chi connectivity index (χ0n) is 15.1. The molecular weight excluding hydrogens is 338 g/mol. The van der Waals surface area contributed by atoms with Gasteiger partial charge < -0.3 is 10.4 Å². The number of pyridine rings is 1. The predicted octanol–water partition coefficient (Wildman–Crippen LogP) is 3.33. The lowest BCUT2D eigenvalue weighted by atomic mass is 10.0. The van der Waals surface area contributed by atoms with Crippen LogP contribution < -0.4 is 5.32 Å². The molecule has 0 unspecified atom stereocenters. The number of hydrogen-bond donors (Lipinski definition) is 2. The molecule has 1 aliphatic rings. The highest BCUT2D eigenvalue weighted by Crippen LogP contribution is 2.22. The van der Waals surface area contributed by atoms with Crippen LogP contribution in [-0.2, 0) is 6.54 Å². The Kier molecular flexibility index (Phi) is 5.03. The maximum atomic E-state index is 12.6. The zero-order valence-corrected chi connectivity index (χ0v) is 15.1. The predicted molar refractivity (Wildman–Crippen MR) is 106 cm³/mol. The Labute approximate surface area is 158 Å². The van der Waals surface area contributed by atoms with Crippen molar-refractivity contribution in [3.8, 4) is 5.75 Å². The second kappa shape index (κ2) is 7.76. The van der Waals surface area contributed by atoms with E-state index in [4.69, 9.17) is 0 Å². The number of phenols is 1. The van der Waals surface area contributed by atoms with Gasteiger partial charge in [0.2, 0.25) is 0 Å². The van der Waals surface area contributed by atoms with Crippen LogP contribution in [0.25, 0.3) is 10.9 Å². The largest absolute Gasteiger partial charge is 0.506 e. The van der Waals surface area contributed by atoms with Gasteiger partial charge in [0.25, 0.3) is 5.91 Å². The summed E-state index contributed by atoms with van der Waals surface area (Å²) in [6.07, 6.45) is 1.86. The molecule has 5 heteroatoms. The Bertz CT molecular complexity index is 935. The number of hydrogen-bond acceptors (Lipinski definition) is 4. The Balaban J connectivity index is 1.35. The summed E-state index contributed by atoms with van der Waals surface area (Å²) < 4.78 is 0. The standard InChI is InChI=1S/C22H23N3O2/c26-20-8-4-7-17-9-10-19(24-21(17)20)22(27)23-18-11-13-25(14-12-18)15-16-5-2-1-3-6-16/h1-10,18,26H,11-15H2,(H,23,27). The summed E-state index contributed by atoms with van der Waals surface area (Å²) in [6, 6.07) is 19.4. The minimum atomic E-state index is -0.179. The number of amides is 1. The summed E-state index contributed by atoms with van der Waals surface area (Å²) in [6.45, 7) is 2.88. The molecule has 3 aromatic rings. The molecule has 0 saturated carbocycles. The van der Waals surface area contributed by atoms with Crippen LogP contribution in [0.2, 0.25) is 0 Å². The van der Waals surface area contributed by atoms with Gasteiger partial charge in [-0.1, -0.05) is 48.5 Å². The van der Waals surface area contributed by atoms with Crippen molar-refractivity contribution in [3.05, 3.63) is 71.9 Å². The van der Waals surface area contributed by atoms with Gasteiger partial charge in [-0.15, -0.1) is 0 Å². The summed E-state index contributed by atoms with van der Waals surface area (Å²) in [5.74, 6) is -0.0852. The molecule has 5 nitrogen and oxygen atoms in total. The molecule has 2 aromatic carbocycles. The Morgan fingerprint density at radius 3 is 2.59 bits per heavy atom. The number of carbonyl (C=O) groups excluding carboxylic acids is 1. The number of rotatable bonds is 4. The van der Waals surface area contributed by atoms with Crippen LogP contribution in [0.5, 0.6) is 5.75 Å². The molecule has 2 heterocycles. The van der Waals surface area contributed by atoms with E-state index in [1.165, 1.54) is 5.56 Å². The summed E-state index contributed by atoms with van der Waals surface area (Å²) in [5.41, 5.74) is 2.12. The van der Waals surface area contributed by atoms with Gasteiger partial charge >= 0.3 is 0 Å². The number of nitrogens with one attached hydrogen (secondary N) is 1. The van der Waals surface area contributed by atoms with Crippen molar-refractivity contribution in [3.63, 3.8) is 0 Å². The van der Waals surface area contributed by atoms with Gasteiger partial charge in [-0.25, -0.2) is 4.98 Å². The highest BCUT2D eigenvalue weighted by Gasteiger charge is 2.22. The smallest absolute Gasteiger partial charge is 0.270 e. The van der Waals surface area contributed by atoms with Gasteiger partial charge in [0.15, 0.2) is 0 Å². The number of benzene rings is 2. The lowest BCUT2D eigenvalue weighted by Gasteiger charge is -2.32. The zero-order chi connectivity index (χ0) is 18.6. The molecule has 1 amide bonds. The van der Waals surface area contributed by atoms with Crippen molar-refractivity contribution >= 4 is 16.8 Å². The van der Waals surface area contributed by atoms with Gasteiger partial charge in [-0.05, 0) is 30.5 Å². The first-order valence-electron chi connectivity index (χ1n) is 9.35. The van der Waals surface area contributed by atoms with E-state index in [1.807, 2.05) is 18.2 Å². The summed E-state index contributed by atoms with van der Waals surface area (Å²) in [7, 11) is 0. The highest BCUT2D eigenvalue weighted by molar-refractivity contribution is 5.96. The first kappa shape index (κ1) is 17.5. The second-order valence-electron chi connectivity index (χ2n) is 7.05. The fourth-order valence-corrected chi connectivity index (χ4v) is 3.59. The molecule has 1 saturated heterocycles. The molecule has 0 radical (unpaired) electrons. The molecule has 4 rings (SSSR count). The molecule has 0 bridgehead atoms. The topological polar surface area (TPSA) is 65.5 Å². The number of likely N-dealkylation sites (tertiary alicyclic amines) is 1. The number of nitrogens with zero attached hydrogens (tertiary/aromatic N) is 2. The minimum absolute atomic E-state index is 0.0939. The summed E-state index contributed by atoms with van der Waals surface area (Å²) >= 11 is 0. The minimum Gasteiger partial charge on any atom is -0.506 e. The molecule has 0 atom stereocenters. The van der Waals surface area contributed by atoms with Gasteiger partial charge in [-0.2, -0.15) is 0 Å². The van der Waals surface area contributed by atoms with Crippen LogP contribution in [0.15, 0.2) is 60.7 Å². The number of aromatic hydroxyl groups is 1. The molecular formula is C22H23N3O2. The van der Waals surface area contributed by atoms with E-state index in [2.05, 4.69) is 39.5 Å². The van der Waals surface area contributed by atoms with Crippen LogP contribution in [-0.4, -0.2) is 40.0 Å². The van der Waals surface area contributed by atoms with Crippen LogP contribution in [0.3, 0.4) is 0 Å². The second-order valence-corrected chi connectivity index (χ2v) is 7.05. The molecule has 27 heavy (non-hydrogen) atoms. The third kappa shape index (κ3) is 4.09. The van der Waals surface area contributed by atoms with E-state index in [0.717, 1.165) is 37.9 Å².